The first kappa shape index (κ1) is 25.1. The van der Waals surface area contributed by atoms with Crippen LogP contribution in [0.25, 0.3) is 0 Å². The number of aromatic nitrogens is 1. The third-order valence-electron chi connectivity index (χ3n) is 4.97. The van der Waals surface area contributed by atoms with E-state index >= 15 is 0 Å². The van der Waals surface area contributed by atoms with Crippen molar-refractivity contribution in [2.45, 2.75) is 32.3 Å². The Morgan fingerprint density at radius 3 is 2.21 bits per heavy atom. The summed E-state index contributed by atoms with van der Waals surface area (Å²) in [5.41, 5.74) is 0.511. The molecule has 0 saturated heterocycles. The maximum atomic E-state index is 14.6. The summed E-state index contributed by atoms with van der Waals surface area (Å²) in [5.74, 6) is -3.38. The summed E-state index contributed by atoms with van der Waals surface area (Å²) in [6, 6.07) is 8.44. The molecule has 0 radical (unpaired) electrons. The van der Waals surface area contributed by atoms with Gasteiger partial charge in [0.1, 0.15) is 17.7 Å². The van der Waals surface area contributed by atoms with Crippen LogP contribution in [0.1, 0.15) is 27.7 Å². The summed E-state index contributed by atoms with van der Waals surface area (Å²) in [6.07, 6.45) is 0. The second kappa shape index (κ2) is 10.1. The van der Waals surface area contributed by atoms with Gasteiger partial charge in [0.05, 0.1) is 20.7 Å². The molecular weight excluding hydrogens is 464 g/mol. The van der Waals surface area contributed by atoms with Crippen LogP contribution in [0.2, 0.25) is 19.6 Å². The highest BCUT2D eigenvalue weighted by Crippen LogP contribution is 2.21. The Bertz CT molecular complexity index is 1230. The third kappa shape index (κ3) is 5.86. The SMILES string of the molecule is COCc1ccc([C@@H](NC(=O)c2cc(=O)[nH]o2)C(=O)Nc2cc(F)c([Si](C)(C)C)c(F)c2)cc1. The molecule has 0 bridgehead atoms. The van der Waals surface area contributed by atoms with Crippen molar-refractivity contribution in [3.05, 3.63) is 81.3 Å². The first-order valence-electron chi connectivity index (χ1n) is 10.4. The van der Waals surface area contributed by atoms with Crippen molar-refractivity contribution in [1.29, 1.82) is 0 Å². The third-order valence-corrected chi connectivity index (χ3v) is 6.95. The van der Waals surface area contributed by atoms with Gasteiger partial charge in [0.2, 0.25) is 5.76 Å². The predicted molar refractivity (Wildman–Crippen MR) is 125 cm³/mol. The summed E-state index contributed by atoms with van der Waals surface area (Å²) >= 11 is 0. The molecule has 0 aliphatic heterocycles. The zero-order chi connectivity index (χ0) is 25.0. The van der Waals surface area contributed by atoms with Crippen molar-refractivity contribution in [1.82, 2.24) is 10.5 Å². The Morgan fingerprint density at radius 1 is 1.09 bits per heavy atom. The molecule has 180 valence electrons. The molecule has 0 aliphatic rings. The highest BCUT2D eigenvalue weighted by molar-refractivity contribution is 6.88. The van der Waals surface area contributed by atoms with Crippen LogP contribution >= 0.6 is 0 Å². The Hall–Kier alpha value is -3.57. The largest absolute Gasteiger partial charge is 0.380 e. The van der Waals surface area contributed by atoms with Crippen LogP contribution in [0.4, 0.5) is 14.5 Å². The molecule has 11 heteroatoms. The number of amides is 2. The number of anilines is 1. The smallest absolute Gasteiger partial charge is 0.290 e. The van der Waals surface area contributed by atoms with Crippen molar-refractivity contribution in [2.24, 2.45) is 0 Å². The van der Waals surface area contributed by atoms with Crippen LogP contribution < -0.4 is 21.4 Å². The number of nitrogens with one attached hydrogen (secondary N) is 3. The molecule has 3 N–H and O–H groups in total. The molecule has 0 unspecified atom stereocenters. The van der Waals surface area contributed by atoms with Crippen molar-refractivity contribution >= 4 is 30.8 Å². The number of hydrogen-bond donors (Lipinski definition) is 3. The number of benzene rings is 2. The van der Waals surface area contributed by atoms with Gasteiger partial charge in [-0.1, -0.05) is 43.9 Å². The van der Waals surface area contributed by atoms with E-state index in [0.29, 0.717) is 12.2 Å². The van der Waals surface area contributed by atoms with Crippen LogP contribution in [0.15, 0.2) is 51.8 Å². The highest BCUT2D eigenvalue weighted by Gasteiger charge is 2.28. The number of H-pyrrole nitrogens is 1. The van der Waals surface area contributed by atoms with Gasteiger partial charge in [-0.05, 0) is 23.3 Å². The first-order chi connectivity index (χ1) is 16.0. The zero-order valence-corrected chi connectivity index (χ0v) is 20.1. The Balaban J connectivity index is 1.91. The minimum Gasteiger partial charge on any atom is -0.380 e. The van der Waals surface area contributed by atoms with E-state index in [4.69, 9.17) is 9.26 Å². The van der Waals surface area contributed by atoms with E-state index in [2.05, 4.69) is 10.6 Å². The fourth-order valence-corrected chi connectivity index (χ4v) is 5.02. The molecule has 0 aliphatic carbocycles. The number of halogens is 2. The van der Waals surface area contributed by atoms with E-state index in [9.17, 15) is 23.2 Å². The number of aromatic amines is 1. The van der Waals surface area contributed by atoms with E-state index < -0.39 is 43.1 Å². The quantitative estimate of drug-likeness (QED) is 0.421. The highest BCUT2D eigenvalue weighted by atomic mass is 28.3. The topological polar surface area (TPSA) is 113 Å². The monoisotopic (exact) mass is 489 g/mol. The number of hydrogen-bond acceptors (Lipinski definition) is 5. The standard InChI is InChI=1S/C23H25F2N3O5Si/c1-32-12-13-5-7-14(8-6-13)20(27-22(30)18-11-19(29)28-33-18)23(31)26-15-9-16(24)21(17(25)10-15)34(2,3)4/h5-11,20H,12H2,1-4H3,(H,26,31)(H,27,30)(H,28,29)/t20-/m1/s1. The Kier molecular flexibility index (Phi) is 7.47. The normalized spacial score (nSPS) is 12.3. The van der Waals surface area contributed by atoms with Gasteiger partial charge in [-0.25, -0.2) is 8.78 Å². The fourth-order valence-electron chi connectivity index (χ4n) is 3.45. The van der Waals surface area contributed by atoms with E-state index in [1.54, 1.807) is 31.4 Å². The molecule has 2 amide bonds. The minimum atomic E-state index is -2.30. The van der Waals surface area contributed by atoms with Gasteiger partial charge in [0.15, 0.2) is 0 Å². The van der Waals surface area contributed by atoms with Gasteiger partial charge in [0.25, 0.3) is 17.4 Å². The van der Waals surface area contributed by atoms with E-state index in [1.165, 1.54) is 0 Å². The number of ether oxygens (including phenoxy) is 1. The molecular formula is C23H25F2N3O5Si. The lowest BCUT2D eigenvalue weighted by molar-refractivity contribution is -0.118. The van der Waals surface area contributed by atoms with Gasteiger partial charge in [-0.15, -0.1) is 0 Å². The lowest BCUT2D eigenvalue weighted by Gasteiger charge is -2.21. The number of carbonyl (C=O) groups excluding carboxylic acids is 2. The van der Waals surface area contributed by atoms with Gasteiger partial charge >= 0.3 is 0 Å². The molecule has 3 aromatic rings. The Morgan fingerprint density at radius 2 is 1.71 bits per heavy atom. The van der Waals surface area contributed by atoms with Crippen LogP contribution in [0.3, 0.4) is 0 Å². The maximum Gasteiger partial charge on any atom is 0.290 e. The summed E-state index contributed by atoms with van der Waals surface area (Å²) < 4.78 is 39.2. The molecule has 1 aromatic heterocycles. The van der Waals surface area contributed by atoms with Gasteiger partial charge in [-0.2, -0.15) is 5.16 Å². The van der Waals surface area contributed by atoms with Crippen LogP contribution in [0.5, 0.6) is 0 Å². The van der Waals surface area contributed by atoms with E-state index in [-0.39, 0.29) is 16.6 Å². The average molecular weight is 490 g/mol. The zero-order valence-electron chi connectivity index (χ0n) is 19.1. The molecule has 0 spiro atoms. The van der Waals surface area contributed by atoms with E-state index in [1.807, 2.05) is 24.8 Å². The summed E-state index contributed by atoms with van der Waals surface area (Å²) in [6.45, 7) is 5.78. The Labute approximate surface area is 195 Å². The van der Waals surface area contributed by atoms with Crippen molar-refractivity contribution in [2.75, 3.05) is 12.4 Å². The van der Waals surface area contributed by atoms with E-state index in [0.717, 1.165) is 23.8 Å². The average Bonchev–Trinajstić information content (AvgIpc) is 3.17. The number of methoxy groups -OCH3 is 1. The molecule has 2 aromatic carbocycles. The molecule has 1 atom stereocenters. The molecule has 34 heavy (non-hydrogen) atoms. The molecule has 8 nitrogen and oxygen atoms in total. The van der Waals surface area contributed by atoms with Crippen LogP contribution in [0, 0.1) is 11.6 Å². The molecule has 1 heterocycles. The predicted octanol–water partition coefficient (Wildman–Crippen LogP) is 3.05. The van der Waals surface area contributed by atoms with Crippen molar-refractivity contribution in [3.8, 4) is 0 Å². The van der Waals surface area contributed by atoms with Crippen molar-refractivity contribution < 1.29 is 27.6 Å². The lowest BCUT2D eigenvalue weighted by Crippen LogP contribution is -2.42. The number of rotatable bonds is 8. The van der Waals surface area contributed by atoms with Gasteiger partial charge in [0, 0.05) is 18.0 Å². The fraction of sp³-hybridized carbons (Fsp3) is 0.261. The van der Waals surface area contributed by atoms with Crippen molar-refractivity contribution in [3.63, 3.8) is 0 Å². The second-order valence-electron chi connectivity index (χ2n) is 8.71. The molecule has 3 rings (SSSR count). The first-order valence-corrected chi connectivity index (χ1v) is 13.9. The number of carbonyl (C=O) groups is 2. The van der Waals surface area contributed by atoms with Crippen LogP contribution in [-0.4, -0.2) is 32.2 Å². The molecule has 0 fully saturated rings. The lowest BCUT2D eigenvalue weighted by atomic mass is 10.0. The summed E-state index contributed by atoms with van der Waals surface area (Å²) in [4.78, 5) is 37.0. The molecule has 0 saturated carbocycles. The second-order valence-corrected chi connectivity index (χ2v) is 13.7. The maximum absolute atomic E-state index is 14.6. The summed E-state index contributed by atoms with van der Waals surface area (Å²) in [7, 11) is -0.756. The minimum absolute atomic E-state index is 0.0339. The van der Waals surface area contributed by atoms with Gasteiger partial charge in [-0.3, -0.25) is 14.4 Å². The van der Waals surface area contributed by atoms with Gasteiger partial charge < -0.3 is 19.9 Å². The summed E-state index contributed by atoms with van der Waals surface area (Å²) in [5, 5.41) is 6.97. The van der Waals surface area contributed by atoms with Crippen LogP contribution in [-0.2, 0) is 16.1 Å².